The zero-order valence-corrected chi connectivity index (χ0v) is 19.2. The first-order valence-electron chi connectivity index (χ1n) is 11.5. The number of aromatic nitrogens is 2. The van der Waals surface area contributed by atoms with Crippen molar-refractivity contribution in [2.45, 2.75) is 32.0 Å². The lowest BCUT2D eigenvalue weighted by molar-refractivity contribution is -0.0646. The van der Waals surface area contributed by atoms with Crippen molar-refractivity contribution in [2.24, 2.45) is 0 Å². The highest BCUT2D eigenvalue weighted by Crippen LogP contribution is 2.20. The summed E-state index contributed by atoms with van der Waals surface area (Å²) in [4.78, 5) is 2.21. The maximum absolute atomic E-state index is 11.2. The first kappa shape index (κ1) is 23.3. The molecule has 2 heterocycles. The van der Waals surface area contributed by atoms with E-state index < -0.39 is 5.60 Å². The molecule has 0 unspecified atom stereocenters. The molecular weight excluding hydrogens is 418 g/mol. The summed E-state index contributed by atoms with van der Waals surface area (Å²) in [7, 11) is 0. The SMILES string of the molecule is Cc1cccc(OC[C@]2(O)COCCN(Cc3cccc(OCCCn4cccn4)c3)C2)c1. The molecule has 0 bridgehead atoms. The van der Waals surface area contributed by atoms with E-state index in [4.69, 9.17) is 14.2 Å². The lowest BCUT2D eigenvalue weighted by Crippen LogP contribution is -2.48. The van der Waals surface area contributed by atoms with E-state index in [9.17, 15) is 5.11 Å². The monoisotopic (exact) mass is 451 g/mol. The average Bonchev–Trinajstić information content (AvgIpc) is 3.25. The number of aliphatic hydroxyl groups is 1. The van der Waals surface area contributed by atoms with Gasteiger partial charge in [-0.2, -0.15) is 5.10 Å². The van der Waals surface area contributed by atoms with Crippen LogP contribution < -0.4 is 9.47 Å². The summed E-state index contributed by atoms with van der Waals surface area (Å²) in [5, 5.41) is 15.4. The van der Waals surface area contributed by atoms with Crippen LogP contribution in [-0.4, -0.2) is 64.9 Å². The minimum Gasteiger partial charge on any atom is -0.494 e. The van der Waals surface area contributed by atoms with E-state index in [-0.39, 0.29) is 13.2 Å². The van der Waals surface area contributed by atoms with Crippen LogP contribution >= 0.6 is 0 Å². The Balaban J connectivity index is 1.29. The van der Waals surface area contributed by atoms with E-state index in [0.29, 0.717) is 26.3 Å². The second-order valence-corrected chi connectivity index (χ2v) is 8.71. The first-order chi connectivity index (χ1) is 16.1. The highest BCUT2D eigenvalue weighted by atomic mass is 16.5. The van der Waals surface area contributed by atoms with Crippen LogP contribution in [0.1, 0.15) is 17.5 Å². The molecule has 3 aromatic rings. The van der Waals surface area contributed by atoms with Gasteiger partial charge >= 0.3 is 0 Å². The van der Waals surface area contributed by atoms with E-state index in [1.807, 2.05) is 60.3 Å². The number of nitrogens with zero attached hydrogens (tertiary/aromatic N) is 3. The van der Waals surface area contributed by atoms with Gasteiger partial charge in [-0.25, -0.2) is 0 Å². The summed E-state index contributed by atoms with van der Waals surface area (Å²) in [5.74, 6) is 1.62. The largest absolute Gasteiger partial charge is 0.494 e. The van der Waals surface area contributed by atoms with E-state index in [1.54, 1.807) is 6.20 Å². The van der Waals surface area contributed by atoms with Crippen molar-refractivity contribution in [1.82, 2.24) is 14.7 Å². The van der Waals surface area contributed by atoms with Gasteiger partial charge in [0.25, 0.3) is 0 Å². The van der Waals surface area contributed by atoms with Gasteiger partial charge in [0.1, 0.15) is 23.7 Å². The second-order valence-electron chi connectivity index (χ2n) is 8.71. The van der Waals surface area contributed by atoms with Crippen LogP contribution in [0.3, 0.4) is 0 Å². The fourth-order valence-corrected chi connectivity index (χ4v) is 3.98. The smallest absolute Gasteiger partial charge is 0.134 e. The van der Waals surface area contributed by atoms with Gasteiger partial charge in [0, 0.05) is 45.0 Å². The summed E-state index contributed by atoms with van der Waals surface area (Å²) in [6.07, 6.45) is 4.63. The quantitative estimate of drug-likeness (QED) is 0.477. The third-order valence-electron chi connectivity index (χ3n) is 5.60. The summed E-state index contributed by atoms with van der Waals surface area (Å²) >= 11 is 0. The van der Waals surface area contributed by atoms with E-state index in [0.717, 1.165) is 42.1 Å². The molecule has 4 rings (SSSR count). The molecule has 0 aliphatic carbocycles. The highest BCUT2D eigenvalue weighted by Gasteiger charge is 2.33. The molecule has 7 heteroatoms. The summed E-state index contributed by atoms with van der Waals surface area (Å²) in [6, 6.07) is 17.9. The van der Waals surface area contributed by atoms with Crippen LogP contribution in [0.5, 0.6) is 11.5 Å². The molecule has 0 spiro atoms. The molecule has 1 fully saturated rings. The van der Waals surface area contributed by atoms with E-state index in [1.165, 1.54) is 0 Å². The van der Waals surface area contributed by atoms with Crippen molar-refractivity contribution in [3.05, 3.63) is 78.1 Å². The Morgan fingerprint density at radius 1 is 1.09 bits per heavy atom. The van der Waals surface area contributed by atoms with Crippen molar-refractivity contribution in [2.75, 3.05) is 39.5 Å². The molecule has 1 aliphatic heterocycles. The van der Waals surface area contributed by atoms with Gasteiger partial charge in [0.2, 0.25) is 0 Å². The number of benzene rings is 2. The molecule has 1 atom stereocenters. The summed E-state index contributed by atoms with van der Waals surface area (Å²) in [5.41, 5.74) is 1.20. The number of aryl methyl sites for hydroxylation is 2. The van der Waals surface area contributed by atoms with Crippen molar-refractivity contribution in [1.29, 1.82) is 0 Å². The first-order valence-corrected chi connectivity index (χ1v) is 11.5. The normalized spacial score (nSPS) is 19.2. The maximum atomic E-state index is 11.2. The van der Waals surface area contributed by atoms with Crippen molar-refractivity contribution < 1.29 is 19.3 Å². The predicted molar refractivity (Wildman–Crippen MR) is 127 cm³/mol. The van der Waals surface area contributed by atoms with Gasteiger partial charge in [-0.1, -0.05) is 24.3 Å². The highest BCUT2D eigenvalue weighted by molar-refractivity contribution is 5.29. The summed E-state index contributed by atoms with van der Waals surface area (Å²) < 4.78 is 19.5. The zero-order chi connectivity index (χ0) is 22.9. The van der Waals surface area contributed by atoms with Crippen LogP contribution in [0.25, 0.3) is 0 Å². The Labute approximate surface area is 195 Å². The van der Waals surface area contributed by atoms with Crippen LogP contribution in [0.2, 0.25) is 0 Å². The molecule has 2 aromatic carbocycles. The molecule has 1 aliphatic rings. The van der Waals surface area contributed by atoms with Crippen LogP contribution in [-0.2, 0) is 17.8 Å². The maximum Gasteiger partial charge on any atom is 0.134 e. The molecule has 1 aromatic heterocycles. The lowest BCUT2D eigenvalue weighted by Gasteiger charge is -2.30. The fourth-order valence-electron chi connectivity index (χ4n) is 3.98. The zero-order valence-electron chi connectivity index (χ0n) is 19.2. The number of hydrogen-bond acceptors (Lipinski definition) is 6. The standard InChI is InChI=1S/C26H33N3O4/c1-22-6-2-8-24(16-22)33-21-26(30)19-28(13-15-31-20-26)18-23-7-3-9-25(17-23)32-14-5-12-29-11-4-10-27-29/h2-4,6-11,16-17,30H,5,12-15,18-21H2,1H3/t26-/m1/s1. The molecule has 1 saturated heterocycles. The van der Waals surface area contributed by atoms with Crippen LogP contribution in [0, 0.1) is 6.92 Å². The Morgan fingerprint density at radius 2 is 1.94 bits per heavy atom. The van der Waals surface area contributed by atoms with Gasteiger partial charge in [0.05, 0.1) is 19.8 Å². The number of hydrogen-bond donors (Lipinski definition) is 1. The topological polar surface area (TPSA) is 69.0 Å². The Bertz CT molecular complexity index is 995. The van der Waals surface area contributed by atoms with Gasteiger partial charge < -0.3 is 19.3 Å². The number of ether oxygens (including phenoxy) is 3. The molecule has 1 N–H and O–H groups in total. The predicted octanol–water partition coefficient (Wildman–Crippen LogP) is 3.30. The van der Waals surface area contributed by atoms with Crippen LogP contribution in [0.15, 0.2) is 67.0 Å². The van der Waals surface area contributed by atoms with Crippen molar-refractivity contribution >= 4 is 0 Å². The number of rotatable bonds is 10. The Kier molecular flexibility index (Phi) is 7.99. The van der Waals surface area contributed by atoms with Gasteiger partial charge in [0.15, 0.2) is 0 Å². The Morgan fingerprint density at radius 3 is 2.76 bits per heavy atom. The molecule has 0 amide bonds. The Hall–Kier alpha value is -2.87. The van der Waals surface area contributed by atoms with Crippen molar-refractivity contribution in [3.63, 3.8) is 0 Å². The summed E-state index contributed by atoms with van der Waals surface area (Å²) in [6.45, 7) is 6.46. The lowest BCUT2D eigenvalue weighted by atomic mass is 10.1. The van der Waals surface area contributed by atoms with Gasteiger partial charge in [-0.05, 0) is 48.4 Å². The minimum absolute atomic E-state index is 0.187. The molecule has 7 nitrogen and oxygen atoms in total. The average molecular weight is 452 g/mol. The number of β-amino-alcohol motifs (C(OH)–C–C–N with tert-alkyl or cyclic N) is 1. The fraction of sp³-hybridized carbons (Fsp3) is 0.423. The molecule has 33 heavy (non-hydrogen) atoms. The van der Waals surface area contributed by atoms with E-state index in [2.05, 4.69) is 22.1 Å². The third kappa shape index (κ3) is 7.32. The van der Waals surface area contributed by atoms with E-state index >= 15 is 0 Å². The molecule has 0 radical (unpaired) electrons. The second kappa shape index (κ2) is 11.3. The van der Waals surface area contributed by atoms with Gasteiger partial charge in [-0.3, -0.25) is 9.58 Å². The third-order valence-corrected chi connectivity index (χ3v) is 5.60. The van der Waals surface area contributed by atoms with Gasteiger partial charge in [-0.15, -0.1) is 0 Å². The molecule has 0 saturated carbocycles. The van der Waals surface area contributed by atoms with Crippen molar-refractivity contribution in [3.8, 4) is 11.5 Å². The van der Waals surface area contributed by atoms with Crippen LogP contribution in [0.4, 0.5) is 0 Å². The molecule has 176 valence electrons. The molecular formula is C26H33N3O4. The minimum atomic E-state index is -1.07.